The first-order chi connectivity index (χ1) is 17.2. The number of fused-ring (bicyclic) bond motifs is 1. The summed E-state index contributed by atoms with van der Waals surface area (Å²) in [5.74, 6) is 1.62. The van der Waals surface area contributed by atoms with Crippen molar-refractivity contribution in [2.24, 2.45) is 0 Å². The van der Waals surface area contributed by atoms with Crippen molar-refractivity contribution in [3.05, 3.63) is 92.0 Å². The van der Waals surface area contributed by atoms with Crippen LogP contribution in [0.15, 0.2) is 48.5 Å². The van der Waals surface area contributed by atoms with Gasteiger partial charge in [0.1, 0.15) is 12.4 Å². The molecule has 0 saturated heterocycles. The standard InChI is InChI=1S/C28H30N2O6/c1-17-10-18(2)12-22(11-17)36-16-25-23-15-27(35-5)26(34-4)14-20(23)8-9-29(25)28(31)21-7-6-19(3)24(13-21)30(32)33/h6-7,10-15,25H,8-9,16H2,1-5H3. The molecule has 1 amide bonds. The van der Waals surface area contributed by atoms with Gasteiger partial charge in [0.25, 0.3) is 11.6 Å². The lowest BCUT2D eigenvalue weighted by atomic mass is 9.91. The summed E-state index contributed by atoms with van der Waals surface area (Å²) in [6.07, 6.45) is 0.607. The molecule has 0 fully saturated rings. The van der Waals surface area contributed by atoms with Gasteiger partial charge in [-0.15, -0.1) is 0 Å². The Kier molecular flexibility index (Phi) is 7.15. The van der Waals surface area contributed by atoms with E-state index in [0.29, 0.717) is 30.0 Å². The van der Waals surface area contributed by atoms with Gasteiger partial charge in [-0.3, -0.25) is 14.9 Å². The Balaban J connectivity index is 1.74. The fourth-order valence-electron chi connectivity index (χ4n) is 4.75. The van der Waals surface area contributed by atoms with Crippen LogP contribution in [0.2, 0.25) is 0 Å². The molecule has 0 radical (unpaired) electrons. The molecule has 188 valence electrons. The van der Waals surface area contributed by atoms with Gasteiger partial charge < -0.3 is 19.1 Å². The summed E-state index contributed by atoms with van der Waals surface area (Å²) < 4.78 is 17.2. The van der Waals surface area contributed by atoms with Gasteiger partial charge in [0.15, 0.2) is 11.5 Å². The maximum atomic E-state index is 13.7. The van der Waals surface area contributed by atoms with Crippen molar-refractivity contribution in [1.82, 2.24) is 4.90 Å². The minimum atomic E-state index is -0.463. The van der Waals surface area contributed by atoms with Crippen LogP contribution in [0.5, 0.6) is 17.2 Å². The van der Waals surface area contributed by atoms with Crippen molar-refractivity contribution in [2.45, 2.75) is 33.2 Å². The van der Waals surface area contributed by atoms with Crippen molar-refractivity contribution < 1.29 is 23.9 Å². The van der Waals surface area contributed by atoms with Crippen LogP contribution in [0.4, 0.5) is 5.69 Å². The molecular weight excluding hydrogens is 460 g/mol. The molecule has 0 spiro atoms. The van der Waals surface area contributed by atoms with Gasteiger partial charge in [0, 0.05) is 23.7 Å². The predicted octanol–water partition coefficient (Wildman–Crippen LogP) is 5.36. The van der Waals surface area contributed by atoms with Crippen LogP contribution in [0.3, 0.4) is 0 Å². The van der Waals surface area contributed by atoms with E-state index in [2.05, 4.69) is 6.07 Å². The van der Waals surface area contributed by atoms with E-state index in [1.54, 1.807) is 38.2 Å². The van der Waals surface area contributed by atoms with E-state index in [1.807, 2.05) is 38.1 Å². The van der Waals surface area contributed by atoms with Gasteiger partial charge in [0.2, 0.25) is 0 Å². The first-order valence-corrected chi connectivity index (χ1v) is 11.7. The Morgan fingerprint density at radius 2 is 1.67 bits per heavy atom. The zero-order valence-corrected chi connectivity index (χ0v) is 21.2. The van der Waals surface area contributed by atoms with Crippen LogP contribution in [0.1, 0.15) is 44.2 Å². The van der Waals surface area contributed by atoms with E-state index in [9.17, 15) is 14.9 Å². The number of amides is 1. The number of hydrogen-bond donors (Lipinski definition) is 0. The van der Waals surface area contributed by atoms with Gasteiger partial charge in [-0.2, -0.15) is 0 Å². The van der Waals surface area contributed by atoms with Crippen LogP contribution in [-0.2, 0) is 6.42 Å². The Labute approximate surface area is 210 Å². The lowest BCUT2D eigenvalue weighted by Crippen LogP contribution is -2.42. The van der Waals surface area contributed by atoms with E-state index < -0.39 is 11.0 Å². The molecule has 8 nitrogen and oxygen atoms in total. The molecule has 1 aliphatic rings. The van der Waals surface area contributed by atoms with E-state index in [4.69, 9.17) is 14.2 Å². The van der Waals surface area contributed by atoms with Crippen LogP contribution >= 0.6 is 0 Å². The highest BCUT2D eigenvalue weighted by Gasteiger charge is 2.34. The molecule has 0 saturated carbocycles. The normalized spacial score (nSPS) is 14.7. The number of nitro groups is 1. The van der Waals surface area contributed by atoms with E-state index >= 15 is 0 Å². The van der Waals surface area contributed by atoms with Crippen LogP contribution in [0, 0.1) is 30.9 Å². The second kappa shape index (κ2) is 10.3. The number of methoxy groups -OCH3 is 2. The molecule has 0 bridgehead atoms. The lowest BCUT2D eigenvalue weighted by Gasteiger charge is -2.37. The fourth-order valence-corrected chi connectivity index (χ4v) is 4.75. The van der Waals surface area contributed by atoms with Gasteiger partial charge in [-0.05, 0) is 79.8 Å². The van der Waals surface area contributed by atoms with E-state index in [0.717, 1.165) is 28.0 Å². The first-order valence-electron chi connectivity index (χ1n) is 11.7. The zero-order chi connectivity index (χ0) is 26.0. The third-order valence-corrected chi connectivity index (χ3v) is 6.52. The molecule has 0 aromatic heterocycles. The maximum Gasteiger partial charge on any atom is 0.273 e. The SMILES string of the molecule is COc1cc2c(cc1OC)C(COc1cc(C)cc(C)c1)N(C(=O)c1ccc(C)c([N+](=O)[O-])c1)CC2. The largest absolute Gasteiger partial charge is 0.493 e. The molecular formula is C28H30N2O6. The zero-order valence-electron chi connectivity index (χ0n) is 21.2. The second-order valence-corrected chi connectivity index (χ2v) is 9.06. The number of carbonyl (C=O) groups is 1. The third-order valence-electron chi connectivity index (χ3n) is 6.52. The summed E-state index contributed by atoms with van der Waals surface area (Å²) >= 11 is 0. The molecule has 4 rings (SSSR count). The van der Waals surface area contributed by atoms with Crippen molar-refractivity contribution >= 4 is 11.6 Å². The van der Waals surface area contributed by atoms with Gasteiger partial charge in [0.05, 0.1) is 25.2 Å². The van der Waals surface area contributed by atoms with Crippen LogP contribution in [0.25, 0.3) is 0 Å². The Morgan fingerprint density at radius 3 is 2.31 bits per heavy atom. The van der Waals surface area contributed by atoms with E-state index in [-0.39, 0.29) is 23.8 Å². The molecule has 1 unspecified atom stereocenters. The summed E-state index contributed by atoms with van der Waals surface area (Å²) in [6.45, 7) is 6.32. The Hall–Kier alpha value is -4.07. The average molecular weight is 491 g/mol. The smallest absolute Gasteiger partial charge is 0.273 e. The van der Waals surface area contributed by atoms with Gasteiger partial charge in [-0.25, -0.2) is 0 Å². The monoisotopic (exact) mass is 490 g/mol. The summed E-state index contributed by atoms with van der Waals surface area (Å²) in [5.41, 5.74) is 4.81. The highest BCUT2D eigenvalue weighted by atomic mass is 16.6. The predicted molar refractivity (Wildman–Crippen MR) is 136 cm³/mol. The molecule has 0 N–H and O–H groups in total. The quantitative estimate of drug-likeness (QED) is 0.327. The molecule has 1 aliphatic heterocycles. The number of nitro benzene ring substituents is 1. The molecule has 1 atom stereocenters. The fraction of sp³-hybridized carbons (Fsp3) is 0.321. The summed E-state index contributed by atoms with van der Waals surface area (Å²) in [4.78, 5) is 26.4. The maximum absolute atomic E-state index is 13.7. The van der Waals surface area contributed by atoms with Crippen molar-refractivity contribution in [3.63, 3.8) is 0 Å². The highest BCUT2D eigenvalue weighted by Crippen LogP contribution is 2.39. The molecule has 8 heteroatoms. The number of ether oxygens (including phenoxy) is 3. The number of carbonyl (C=O) groups excluding carboxylic acids is 1. The summed E-state index contributed by atoms with van der Waals surface area (Å²) in [6, 6.07) is 14.0. The molecule has 0 aliphatic carbocycles. The van der Waals surface area contributed by atoms with Crippen molar-refractivity contribution in [1.29, 1.82) is 0 Å². The molecule has 3 aromatic carbocycles. The number of nitrogens with zero attached hydrogens (tertiary/aromatic N) is 2. The third kappa shape index (κ3) is 4.98. The number of aryl methyl sites for hydroxylation is 3. The minimum absolute atomic E-state index is 0.0762. The van der Waals surface area contributed by atoms with Crippen molar-refractivity contribution in [3.8, 4) is 17.2 Å². The van der Waals surface area contributed by atoms with E-state index in [1.165, 1.54) is 6.07 Å². The number of rotatable bonds is 7. The Morgan fingerprint density at radius 1 is 1.00 bits per heavy atom. The molecule has 36 heavy (non-hydrogen) atoms. The number of hydrogen-bond acceptors (Lipinski definition) is 6. The second-order valence-electron chi connectivity index (χ2n) is 9.06. The van der Waals surface area contributed by atoms with Crippen molar-refractivity contribution in [2.75, 3.05) is 27.4 Å². The molecule has 1 heterocycles. The summed E-state index contributed by atoms with van der Waals surface area (Å²) in [5, 5.41) is 11.5. The van der Waals surface area contributed by atoms with Crippen LogP contribution in [-0.4, -0.2) is 43.1 Å². The minimum Gasteiger partial charge on any atom is -0.493 e. The summed E-state index contributed by atoms with van der Waals surface area (Å²) in [7, 11) is 3.16. The lowest BCUT2D eigenvalue weighted by molar-refractivity contribution is -0.385. The Bertz CT molecular complexity index is 1300. The first kappa shape index (κ1) is 25.0. The molecule has 3 aromatic rings. The van der Waals surface area contributed by atoms with Gasteiger partial charge >= 0.3 is 0 Å². The number of benzene rings is 3. The van der Waals surface area contributed by atoms with Gasteiger partial charge in [-0.1, -0.05) is 12.1 Å². The van der Waals surface area contributed by atoms with Crippen LogP contribution < -0.4 is 14.2 Å². The highest BCUT2D eigenvalue weighted by molar-refractivity contribution is 5.95. The average Bonchev–Trinajstić information content (AvgIpc) is 2.85. The topological polar surface area (TPSA) is 91.1 Å².